The Morgan fingerprint density at radius 2 is 1.83 bits per heavy atom. The Hall–Kier alpha value is -2.20. The van der Waals surface area contributed by atoms with Gasteiger partial charge in [-0.2, -0.15) is 0 Å². The van der Waals surface area contributed by atoms with Crippen molar-refractivity contribution in [1.82, 2.24) is 5.32 Å². The Morgan fingerprint density at radius 3 is 2.48 bits per heavy atom. The van der Waals surface area contributed by atoms with Gasteiger partial charge in [0.2, 0.25) is 5.91 Å². The van der Waals surface area contributed by atoms with Gasteiger partial charge in [0, 0.05) is 0 Å². The van der Waals surface area contributed by atoms with Crippen LogP contribution in [-0.2, 0) is 16.8 Å². The number of hydrogen-bond donors (Lipinski definition) is 2. The van der Waals surface area contributed by atoms with E-state index in [1.807, 2.05) is 32.0 Å². The highest BCUT2D eigenvalue weighted by atomic mass is 19.1. The van der Waals surface area contributed by atoms with Crippen molar-refractivity contribution in [2.45, 2.75) is 32.8 Å². The van der Waals surface area contributed by atoms with Crippen molar-refractivity contribution in [2.75, 3.05) is 6.54 Å². The van der Waals surface area contributed by atoms with Crippen molar-refractivity contribution in [3.8, 4) is 0 Å². The Balaban J connectivity index is 1.98. The fraction of sp³-hybridized carbons (Fsp3) is 0.316. The number of halogens is 1. The molecule has 0 aliphatic rings. The zero-order valence-electron chi connectivity index (χ0n) is 13.7. The van der Waals surface area contributed by atoms with Crippen LogP contribution < -0.4 is 5.32 Å². The van der Waals surface area contributed by atoms with Gasteiger partial charge < -0.3 is 10.4 Å². The Labute approximate surface area is 136 Å². The summed E-state index contributed by atoms with van der Waals surface area (Å²) in [4.78, 5) is 12.1. The minimum absolute atomic E-state index is 0.0718. The van der Waals surface area contributed by atoms with Gasteiger partial charge in [-0.3, -0.25) is 4.79 Å². The topological polar surface area (TPSA) is 49.3 Å². The zero-order chi connectivity index (χ0) is 17.0. The maximum Gasteiger partial charge on any atom is 0.224 e. The Morgan fingerprint density at radius 1 is 1.17 bits per heavy atom. The number of rotatable bonds is 5. The molecule has 0 aromatic heterocycles. The molecule has 2 N–H and O–H groups in total. The van der Waals surface area contributed by atoms with Crippen LogP contribution in [0, 0.1) is 19.7 Å². The molecule has 0 saturated carbocycles. The molecule has 0 aliphatic heterocycles. The smallest absolute Gasteiger partial charge is 0.224 e. The molecule has 23 heavy (non-hydrogen) atoms. The van der Waals surface area contributed by atoms with Crippen LogP contribution in [0.4, 0.5) is 4.39 Å². The van der Waals surface area contributed by atoms with E-state index in [2.05, 4.69) is 5.32 Å². The third kappa shape index (κ3) is 4.63. The van der Waals surface area contributed by atoms with E-state index >= 15 is 0 Å². The van der Waals surface area contributed by atoms with Crippen LogP contribution >= 0.6 is 0 Å². The minimum atomic E-state index is -1.25. The number of benzene rings is 2. The molecular formula is C19H22FNO2. The normalized spacial score (nSPS) is 13.4. The number of nitrogens with one attached hydrogen (secondary N) is 1. The second-order valence-corrected chi connectivity index (χ2v) is 6.16. The monoisotopic (exact) mass is 315 g/mol. The fourth-order valence-corrected chi connectivity index (χ4v) is 2.41. The van der Waals surface area contributed by atoms with Crippen molar-refractivity contribution < 1.29 is 14.3 Å². The van der Waals surface area contributed by atoms with Gasteiger partial charge in [0.25, 0.3) is 0 Å². The summed E-state index contributed by atoms with van der Waals surface area (Å²) in [6, 6.07) is 11.6. The molecule has 0 fully saturated rings. The van der Waals surface area contributed by atoms with E-state index < -0.39 is 5.60 Å². The van der Waals surface area contributed by atoms with Gasteiger partial charge in [-0.15, -0.1) is 0 Å². The van der Waals surface area contributed by atoms with Gasteiger partial charge in [0.05, 0.1) is 13.0 Å². The van der Waals surface area contributed by atoms with Crippen LogP contribution in [0.15, 0.2) is 42.5 Å². The Bertz CT molecular complexity index is 693. The van der Waals surface area contributed by atoms with Gasteiger partial charge >= 0.3 is 0 Å². The highest BCUT2D eigenvalue weighted by Crippen LogP contribution is 2.20. The van der Waals surface area contributed by atoms with Crippen LogP contribution in [0.2, 0.25) is 0 Å². The van der Waals surface area contributed by atoms with Crippen molar-refractivity contribution in [1.29, 1.82) is 0 Å². The molecule has 122 valence electrons. The van der Waals surface area contributed by atoms with Crippen LogP contribution in [0.1, 0.15) is 29.2 Å². The molecule has 0 heterocycles. The first kappa shape index (κ1) is 17.2. The quantitative estimate of drug-likeness (QED) is 0.891. The van der Waals surface area contributed by atoms with E-state index in [-0.39, 0.29) is 24.7 Å². The van der Waals surface area contributed by atoms with E-state index in [0.717, 1.165) is 16.7 Å². The Kier molecular flexibility index (Phi) is 5.16. The first-order valence-corrected chi connectivity index (χ1v) is 7.59. The molecular weight excluding hydrogens is 293 g/mol. The largest absolute Gasteiger partial charge is 0.384 e. The lowest BCUT2D eigenvalue weighted by molar-refractivity contribution is -0.121. The molecule has 0 saturated heterocycles. The zero-order valence-corrected chi connectivity index (χ0v) is 13.7. The van der Waals surface area contributed by atoms with Crippen LogP contribution in [0.5, 0.6) is 0 Å². The second-order valence-electron chi connectivity index (χ2n) is 6.16. The van der Waals surface area contributed by atoms with Crippen molar-refractivity contribution >= 4 is 5.91 Å². The average molecular weight is 315 g/mol. The minimum Gasteiger partial charge on any atom is -0.384 e. The average Bonchev–Trinajstić information content (AvgIpc) is 2.49. The fourth-order valence-electron chi connectivity index (χ4n) is 2.41. The second kappa shape index (κ2) is 6.92. The standard InChI is InChI=1S/C19H22FNO2/c1-13-4-5-14(2)15(10-13)11-18(22)21-12-19(3,23)16-6-8-17(20)9-7-16/h4-10,23H,11-12H2,1-3H3,(H,21,22). The third-order valence-corrected chi connectivity index (χ3v) is 3.95. The summed E-state index contributed by atoms with van der Waals surface area (Å²) in [6.07, 6.45) is 0.271. The van der Waals surface area contributed by atoms with Crippen LogP contribution in [0.25, 0.3) is 0 Å². The molecule has 1 atom stereocenters. The molecule has 1 unspecified atom stereocenters. The summed E-state index contributed by atoms with van der Waals surface area (Å²) in [5, 5.41) is 13.2. The molecule has 0 radical (unpaired) electrons. The van der Waals surface area contributed by atoms with Crippen molar-refractivity contribution in [3.05, 3.63) is 70.5 Å². The summed E-state index contributed by atoms with van der Waals surface area (Å²) in [5.74, 6) is -0.510. The highest BCUT2D eigenvalue weighted by molar-refractivity contribution is 5.79. The summed E-state index contributed by atoms with van der Waals surface area (Å²) in [5.41, 5.74) is 2.47. The lowest BCUT2D eigenvalue weighted by atomic mass is 9.95. The summed E-state index contributed by atoms with van der Waals surface area (Å²) < 4.78 is 13.0. The SMILES string of the molecule is Cc1ccc(C)c(CC(=O)NCC(C)(O)c2ccc(F)cc2)c1. The molecule has 0 aliphatic carbocycles. The van der Waals surface area contributed by atoms with E-state index in [0.29, 0.717) is 5.56 Å². The number of hydrogen-bond acceptors (Lipinski definition) is 2. The summed E-state index contributed by atoms with van der Waals surface area (Å²) in [7, 11) is 0. The molecule has 0 bridgehead atoms. The maximum atomic E-state index is 13.0. The van der Waals surface area contributed by atoms with Gasteiger partial charge in [-0.05, 0) is 49.6 Å². The molecule has 2 aromatic rings. The lowest BCUT2D eigenvalue weighted by Crippen LogP contribution is -2.39. The molecule has 3 nitrogen and oxygen atoms in total. The lowest BCUT2D eigenvalue weighted by Gasteiger charge is -2.24. The van der Waals surface area contributed by atoms with Crippen LogP contribution in [-0.4, -0.2) is 17.6 Å². The molecule has 2 rings (SSSR count). The number of amides is 1. The van der Waals surface area contributed by atoms with Gasteiger partial charge in [0.1, 0.15) is 11.4 Å². The number of aryl methyl sites for hydroxylation is 2. The summed E-state index contributed by atoms with van der Waals surface area (Å²) in [6.45, 7) is 5.62. The number of aliphatic hydroxyl groups is 1. The summed E-state index contributed by atoms with van der Waals surface area (Å²) >= 11 is 0. The van der Waals surface area contributed by atoms with E-state index in [1.54, 1.807) is 6.92 Å². The predicted octanol–water partition coefficient (Wildman–Crippen LogP) is 3.01. The van der Waals surface area contributed by atoms with Gasteiger partial charge in [0.15, 0.2) is 0 Å². The number of carbonyl (C=O) groups is 1. The van der Waals surface area contributed by atoms with E-state index in [1.165, 1.54) is 24.3 Å². The molecule has 4 heteroatoms. The first-order valence-electron chi connectivity index (χ1n) is 7.59. The maximum absolute atomic E-state index is 13.0. The van der Waals surface area contributed by atoms with E-state index in [9.17, 15) is 14.3 Å². The van der Waals surface area contributed by atoms with Crippen molar-refractivity contribution in [3.63, 3.8) is 0 Å². The third-order valence-electron chi connectivity index (χ3n) is 3.95. The highest BCUT2D eigenvalue weighted by Gasteiger charge is 2.23. The van der Waals surface area contributed by atoms with Gasteiger partial charge in [-0.25, -0.2) is 4.39 Å². The van der Waals surface area contributed by atoms with Crippen LogP contribution in [0.3, 0.4) is 0 Å². The number of carbonyl (C=O) groups excluding carboxylic acids is 1. The van der Waals surface area contributed by atoms with Gasteiger partial charge in [-0.1, -0.05) is 35.9 Å². The van der Waals surface area contributed by atoms with Crippen molar-refractivity contribution in [2.24, 2.45) is 0 Å². The molecule has 2 aromatic carbocycles. The van der Waals surface area contributed by atoms with E-state index in [4.69, 9.17) is 0 Å². The predicted molar refractivity (Wildman–Crippen MR) is 88.6 cm³/mol. The molecule has 1 amide bonds. The first-order chi connectivity index (χ1) is 10.8. The molecule has 0 spiro atoms.